The van der Waals surface area contributed by atoms with E-state index >= 15 is 0 Å². The molecule has 2 heterocycles. The molecule has 0 unspecified atom stereocenters. The quantitative estimate of drug-likeness (QED) is 0.552. The van der Waals surface area contributed by atoms with E-state index in [1.807, 2.05) is 42.5 Å². The molecule has 0 radical (unpaired) electrons. The molecule has 7 nitrogen and oxygen atoms in total. The van der Waals surface area contributed by atoms with Crippen LogP contribution in [-0.2, 0) is 0 Å². The molecular weight excluding hydrogens is 320 g/mol. The lowest BCUT2D eigenvalue weighted by Crippen LogP contribution is -2.10. The highest BCUT2D eigenvalue weighted by Crippen LogP contribution is 2.26. The van der Waals surface area contributed by atoms with Crippen molar-refractivity contribution in [1.29, 1.82) is 0 Å². The average molecular weight is 330 g/mol. The molecule has 0 saturated heterocycles. The van der Waals surface area contributed by atoms with Crippen LogP contribution in [-0.4, -0.2) is 25.7 Å². The molecule has 4 rings (SSSR count). The summed E-state index contributed by atoms with van der Waals surface area (Å²) >= 11 is 0. The van der Waals surface area contributed by atoms with Crippen molar-refractivity contribution in [2.45, 2.75) is 0 Å². The number of rotatable bonds is 2. The molecule has 0 atom stereocenters. The van der Waals surface area contributed by atoms with E-state index < -0.39 is 17.2 Å². The van der Waals surface area contributed by atoms with Gasteiger partial charge in [0, 0.05) is 5.56 Å². The Hall–Kier alpha value is -3.92. The van der Waals surface area contributed by atoms with Crippen molar-refractivity contribution in [2.24, 2.45) is 0 Å². The molecule has 2 N–H and O–H groups in total. The van der Waals surface area contributed by atoms with E-state index in [2.05, 4.69) is 14.9 Å². The van der Waals surface area contributed by atoms with Gasteiger partial charge in [-0.25, -0.2) is 14.2 Å². The topological polar surface area (TPSA) is 91.8 Å². The number of fused-ring (bicyclic) bond motifs is 2. The lowest BCUT2D eigenvalue weighted by Gasteiger charge is -2.05. The van der Waals surface area contributed by atoms with Crippen molar-refractivity contribution in [3.63, 3.8) is 0 Å². The van der Waals surface area contributed by atoms with Crippen molar-refractivity contribution >= 4 is 27.9 Å². The third kappa shape index (κ3) is 2.24. The summed E-state index contributed by atoms with van der Waals surface area (Å²) < 4.78 is 1.15. The molecule has 0 bridgehead atoms. The minimum atomic E-state index is -1.35. The third-order valence-electron chi connectivity index (χ3n) is 3.97. The fourth-order valence-electron chi connectivity index (χ4n) is 2.82. The van der Waals surface area contributed by atoms with Crippen molar-refractivity contribution in [1.82, 2.24) is 14.6 Å². The first-order valence-corrected chi connectivity index (χ1v) is 7.34. The van der Waals surface area contributed by atoms with Gasteiger partial charge >= 0.3 is 5.97 Å². The Kier molecular flexibility index (Phi) is 3.12. The van der Waals surface area contributed by atoms with Crippen LogP contribution in [0.1, 0.15) is 10.5 Å². The zero-order valence-corrected chi connectivity index (χ0v) is 12.7. The van der Waals surface area contributed by atoms with Crippen molar-refractivity contribution < 1.29 is 9.90 Å². The lowest BCUT2D eigenvalue weighted by molar-refractivity contribution is 0.0691. The highest BCUT2D eigenvalue weighted by atomic mass is 16.4. The predicted molar refractivity (Wildman–Crippen MR) is 92.0 cm³/mol. The standard InChI is InChI=1S/C18H10N4O3/c1-19-14-15(18(24)25)21-22-9-13(20-17(23)16(14)22)12-7-6-10-4-2-3-5-11(10)8-12/h2-9H,(H,20,23)(H,24,25). The molecule has 0 saturated carbocycles. The van der Waals surface area contributed by atoms with Crippen molar-refractivity contribution in [3.05, 3.63) is 76.1 Å². The second-order valence-electron chi connectivity index (χ2n) is 5.47. The zero-order chi connectivity index (χ0) is 17.6. The third-order valence-corrected chi connectivity index (χ3v) is 3.97. The molecule has 0 amide bonds. The largest absolute Gasteiger partial charge is 0.477 e. The van der Waals surface area contributed by atoms with Crippen LogP contribution in [0.15, 0.2) is 53.5 Å². The van der Waals surface area contributed by atoms with Gasteiger partial charge in [-0.3, -0.25) is 4.79 Å². The van der Waals surface area contributed by atoms with Crippen molar-refractivity contribution in [3.8, 4) is 11.3 Å². The van der Waals surface area contributed by atoms with Crippen LogP contribution >= 0.6 is 0 Å². The maximum Gasteiger partial charge on any atom is 0.345 e. The van der Waals surface area contributed by atoms with Gasteiger partial charge in [0.1, 0.15) is 5.52 Å². The SMILES string of the molecule is [C-]#[N+]c1c(C(=O)O)nn2cc(-c3ccc4ccccc4c3)[nH]c(=O)c12. The van der Waals surface area contributed by atoms with Crippen LogP contribution in [0.4, 0.5) is 5.69 Å². The molecular formula is C18H10N4O3. The van der Waals surface area contributed by atoms with Crippen LogP contribution in [0.2, 0.25) is 0 Å². The van der Waals surface area contributed by atoms with Gasteiger partial charge in [-0.05, 0) is 16.8 Å². The average Bonchev–Trinajstić information content (AvgIpc) is 3.00. The summed E-state index contributed by atoms with van der Waals surface area (Å²) in [5.41, 5.74) is -0.0859. The summed E-state index contributed by atoms with van der Waals surface area (Å²) in [4.78, 5) is 29.5. The molecule has 2 aromatic heterocycles. The Labute approximate surface area is 140 Å². The second kappa shape index (κ2) is 5.32. The smallest absolute Gasteiger partial charge is 0.345 e. The van der Waals surface area contributed by atoms with Crippen LogP contribution in [0.3, 0.4) is 0 Å². The number of hydrogen-bond donors (Lipinski definition) is 2. The number of hydrogen-bond acceptors (Lipinski definition) is 3. The number of H-pyrrole nitrogens is 1. The van der Waals surface area contributed by atoms with E-state index in [0.29, 0.717) is 5.69 Å². The summed E-state index contributed by atoms with van der Waals surface area (Å²) in [6.45, 7) is 7.14. The number of nitrogens with one attached hydrogen (secondary N) is 1. The van der Waals surface area contributed by atoms with Crippen LogP contribution in [0, 0.1) is 6.57 Å². The fraction of sp³-hybridized carbons (Fsp3) is 0. The van der Waals surface area contributed by atoms with E-state index in [-0.39, 0.29) is 11.2 Å². The molecule has 7 heteroatoms. The molecule has 0 fully saturated rings. The van der Waals surface area contributed by atoms with Gasteiger partial charge in [0.2, 0.25) is 0 Å². The monoisotopic (exact) mass is 330 g/mol. The summed E-state index contributed by atoms with van der Waals surface area (Å²) in [5, 5.41) is 15.1. The first-order chi connectivity index (χ1) is 12.1. The van der Waals surface area contributed by atoms with Gasteiger partial charge < -0.3 is 10.1 Å². The molecule has 0 aliphatic heterocycles. The molecule has 25 heavy (non-hydrogen) atoms. The van der Waals surface area contributed by atoms with Crippen molar-refractivity contribution in [2.75, 3.05) is 0 Å². The normalized spacial score (nSPS) is 10.8. The first-order valence-electron chi connectivity index (χ1n) is 7.34. The summed E-state index contributed by atoms with van der Waals surface area (Å²) in [5.74, 6) is -1.35. The number of benzene rings is 2. The van der Waals surface area contributed by atoms with Gasteiger partial charge in [-0.1, -0.05) is 36.4 Å². The van der Waals surface area contributed by atoms with E-state index in [1.54, 1.807) is 0 Å². The number of nitrogens with zero attached hydrogens (tertiary/aromatic N) is 3. The lowest BCUT2D eigenvalue weighted by atomic mass is 10.1. The molecule has 4 aromatic rings. The van der Waals surface area contributed by atoms with Gasteiger partial charge in [0.05, 0.1) is 18.5 Å². The minimum Gasteiger partial charge on any atom is -0.477 e. The zero-order valence-electron chi connectivity index (χ0n) is 12.7. The van der Waals surface area contributed by atoms with E-state index in [9.17, 15) is 9.59 Å². The van der Waals surface area contributed by atoms with E-state index in [4.69, 9.17) is 11.7 Å². The summed E-state index contributed by atoms with van der Waals surface area (Å²) in [6, 6.07) is 13.5. The Morgan fingerprint density at radius 1 is 1.20 bits per heavy atom. The first kappa shape index (κ1) is 14.7. The highest BCUT2D eigenvalue weighted by molar-refractivity contribution is 5.97. The molecule has 0 aliphatic rings. The van der Waals surface area contributed by atoms with Crippen LogP contribution in [0.5, 0.6) is 0 Å². The molecule has 0 spiro atoms. The Bertz CT molecular complexity index is 1260. The van der Waals surface area contributed by atoms with Gasteiger partial charge in [-0.15, -0.1) is 0 Å². The van der Waals surface area contributed by atoms with E-state index in [1.165, 1.54) is 6.20 Å². The Balaban J connectivity index is 1.98. The maximum atomic E-state index is 12.4. The minimum absolute atomic E-state index is 0.0723. The number of carboxylic acid groups (broad SMARTS) is 1. The Morgan fingerprint density at radius 3 is 2.68 bits per heavy atom. The van der Waals surface area contributed by atoms with Crippen LogP contribution in [0.25, 0.3) is 32.4 Å². The Morgan fingerprint density at radius 2 is 1.96 bits per heavy atom. The molecule has 120 valence electrons. The number of carboxylic acids is 1. The number of aromatic amines is 1. The summed E-state index contributed by atoms with van der Waals surface area (Å²) in [6.07, 6.45) is 1.52. The predicted octanol–water partition coefficient (Wildman–Crippen LogP) is 3.09. The van der Waals surface area contributed by atoms with E-state index in [0.717, 1.165) is 20.9 Å². The fourth-order valence-corrected chi connectivity index (χ4v) is 2.82. The molecule has 2 aromatic carbocycles. The number of carbonyl (C=O) groups is 1. The van der Waals surface area contributed by atoms with Crippen LogP contribution < -0.4 is 5.56 Å². The maximum absolute atomic E-state index is 12.4. The number of aromatic nitrogens is 3. The molecule has 0 aliphatic carbocycles. The second-order valence-corrected chi connectivity index (χ2v) is 5.47. The number of aromatic carboxylic acids is 1. The van der Waals surface area contributed by atoms with Gasteiger partial charge in [-0.2, -0.15) is 5.10 Å². The highest BCUT2D eigenvalue weighted by Gasteiger charge is 2.21. The summed E-state index contributed by atoms with van der Waals surface area (Å²) in [7, 11) is 0. The van der Waals surface area contributed by atoms with Gasteiger partial charge in [0.25, 0.3) is 11.2 Å². The van der Waals surface area contributed by atoms with Gasteiger partial charge in [0.15, 0.2) is 5.69 Å².